The molecular weight excluding hydrogens is 308 g/mol. The maximum absolute atomic E-state index is 12.2. The molecule has 0 bridgehead atoms. The van der Waals surface area contributed by atoms with E-state index in [9.17, 15) is 9.59 Å². The third-order valence-electron chi connectivity index (χ3n) is 3.00. The summed E-state index contributed by atoms with van der Waals surface area (Å²) in [6.45, 7) is 2.13. The average molecular weight is 329 g/mol. The van der Waals surface area contributed by atoms with Crippen LogP contribution >= 0.6 is 11.6 Å². The molecule has 0 N–H and O–H groups in total. The van der Waals surface area contributed by atoms with E-state index in [-0.39, 0.29) is 12.5 Å². The number of hydrogen-bond donors (Lipinski definition) is 0. The average Bonchev–Trinajstić information content (AvgIpc) is 2.52. The van der Waals surface area contributed by atoms with Gasteiger partial charge in [-0.1, -0.05) is 24.9 Å². The number of nitrogens with zero attached hydrogens (tertiary/aromatic N) is 2. The van der Waals surface area contributed by atoms with Crippen LogP contribution in [0.25, 0.3) is 0 Å². The summed E-state index contributed by atoms with van der Waals surface area (Å²) in [4.78, 5) is 30.3. The molecule has 0 aromatic heterocycles. The molecule has 6 nitrogen and oxygen atoms in total. The summed E-state index contributed by atoms with van der Waals surface area (Å²) in [6, 6.07) is 6.61. The zero-order chi connectivity index (χ0) is 16.5. The quantitative estimate of drug-likeness (QED) is 0.570. The molecule has 0 heterocycles. The highest BCUT2D eigenvalue weighted by Gasteiger charge is 2.22. The second-order valence-corrected chi connectivity index (χ2v) is 5.04. The highest BCUT2D eigenvalue weighted by Crippen LogP contribution is 2.19. The lowest BCUT2D eigenvalue weighted by Gasteiger charge is -2.24. The summed E-state index contributed by atoms with van der Waals surface area (Å²) in [5, 5.41) is 1.60. The van der Waals surface area contributed by atoms with Crippen molar-refractivity contribution >= 4 is 29.3 Å². The summed E-state index contributed by atoms with van der Waals surface area (Å²) < 4.78 is 5.19. The van der Waals surface area contributed by atoms with E-state index in [1.54, 1.807) is 24.3 Å². The number of unbranched alkanes of at least 4 members (excludes halogenated alkanes) is 1. The van der Waals surface area contributed by atoms with Gasteiger partial charge in [-0.2, -0.15) is 0 Å². The molecule has 0 aliphatic rings. The van der Waals surface area contributed by atoms with E-state index in [0.717, 1.165) is 17.9 Å². The zero-order valence-corrected chi connectivity index (χ0v) is 13.8. The van der Waals surface area contributed by atoms with Gasteiger partial charge in [-0.05, 0) is 30.7 Å². The third-order valence-corrected chi connectivity index (χ3v) is 3.25. The number of rotatable bonds is 7. The lowest BCUT2D eigenvalue weighted by molar-refractivity contribution is -0.166. The first-order chi connectivity index (χ1) is 10.5. The summed E-state index contributed by atoms with van der Waals surface area (Å²) in [5.41, 5.74) is 0.531. The maximum Gasteiger partial charge on any atom is 0.414 e. The van der Waals surface area contributed by atoms with Crippen molar-refractivity contribution in [2.75, 3.05) is 32.2 Å². The van der Waals surface area contributed by atoms with Gasteiger partial charge < -0.3 is 4.74 Å². The molecule has 0 aliphatic heterocycles. The number of amides is 2. The molecular formula is C15H21ClN2O4. The van der Waals surface area contributed by atoms with Crippen LogP contribution in [0.2, 0.25) is 5.02 Å². The van der Waals surface area contributed by atoms with E-state index in [2.05, 4.69) is 0 Å². The predicted octanol–water partition coefficient (Wildman–Crippen LogP) is 3.10. The fourth-order valence-electron chi connectivity index (χ4n) is 1.60. The van der Waals surface area contributed by atoms with Gasteiger partial charge in [-0.3, -0.25) is 14.5 Å². The largest absolute Gasteiger partial charge is 0.449 e. The van der Waals surface area contributed by atoms with Crippen LogP contribution in [0.1, 0.15) is 19.8 Å². The summed E-state index contributed by atoms with van der Waals surface area (Å²) in [6.07, 6.45) is 1.11. The van der Waals surface area contributed by atoms with Crippen molar-refractivity contribution in [1.29, 1.82) is 0 Å². The molecule has 122 valence electrons. The highest BCUT2D eigenvalue weighted by atomic mass is 35.5. The molecule has 22 heavy (non-hydrogen) atoms. The van der Waals surface area contributed by atoms with Crippen LogP contribution in [0, 0.1) is 0 Å². The molecule has 1 aromatic rings. The van der Waals surface area contributed by atoms with Crippen molar-refractivity contribution < 1.29 is 19.2 Å². The first kappa shape index (κ1) is 18.3. The van der Waals surface area contributed by atoms with Crippen molar-refractivity contribution in [2.45, 2.75) is 19.8 Å². The number of hydroxylamine groups is 2. The van der Waals surface area contributed by atoms with Gasteiger partial charge in [0.05, 0.1) is 13.7 Å². The SMILES string of the molecule is CCCCOC(=O)N(CC(=O)N(C)OC)c1ccc(Cl)cc1. The summed E-state index contributed by atoms with van der Waals surface area (Å²) >= 11 is 5.85. The van der Waals surface area contributed by atoms with Crippen LogP contribution in [-0.4, -0.2) is 44.4 Å². The molecule has 1 rings (SSSR count). The molecule has 0 fully saturated rings. The van der Waals surface area contributed by atoms with Crippen LogP contribution < -0.4 is 4.90 Å². The molecule has 0 atom stereocenters. The minimum absolute atomic E-state index is 0.184. The van der Waals surface area contributed by atoms with Crippen molar-refractivity contribution in [2.24, 2.45) is 0 Å². The Morgan fingerprint density at radius 3 is 2.41 bits per heavy atom. The molecule has 7 heteroatoms. The predicted molar refractivity (Wildman–Crippen MR) is 84.8 cm³/mol. The van der Waals surface area contributed by atoms with Crippen molar-refractivity contribution in [3.05, 3.63) is 29.3 Å². The van der Waals surface area contributed by atoms with Crippen molar-refractivity contribution in [3.63, 3.8) is 0 Å². The number of likely N-dealkylation sites (N-methyl/N-ethyl adjacent to an activating group) is 1. The molecule has 2 amide bonds. The number of hydrogen-bond acceptors (Lipinski definition) is 4. The second kappa shape index (κ2) is 9.27. The number of carbonyl (C=O) groups is 2. The van der Waals surface area contributed by atoms with Crippen LogP contribution in [0.3, 0.4) is 0 Å². The molecule has 0 spiro atoms. The number of ether oxygens (including phenoxy) is 1. The fraction of sp³-hybridized carbons (Fsp3) is 0.467. The monoisotopic (exact) mass is 328 g/mol. The summed E-state index contributed by atoms with van der Waals surface area (Å²) in [7, 11) is 2.86. The molecule has 0 aliphatic carbocycles. The van der Waals surface area contributed by atoms with E-state index in [1.165, 1.54) is 19.1 Å². The lowest BCUT2D eigenvalue weighted by Crippen LogP contribution is -2.41. The van der Waals surface area contributed by atoms with Gasteiger partial charge in [-0.25, -0.2) is 9.86 Å². The first-order valence-corrected chi connectivity index (χ1v) is 7.38. The van der Waals surface area contributed by atoms with E-state index in [4.69, 9.17) is 21.2 Å². The maximum atomic E-state index is 12.2. The Labute approximate surface area is 135 Å². The molecule has 0 saturated carbocycles. The van der Waals surface area contributed by atoms with Gasteiger partial charge in [0.15, 0.2) is 0 Å². The Hall–Kier alpha value is -1.79. The minimum atomic E-state index is -0.575. The molecule has 0 radical (unpaired) electrons. The van der Waals surface area contributed by atoms with Crippen LogP contribution in [0.5, 0.6) is 0 Å². The van der Waals surface area contributed by atoms with Crippen LogP contribution in [-0.2, 0) is 14.4 Å². The van der Waals surface area contributed by atoms with E-state index in [0.29, 0.717) is 17.3 Å². The zero-order valence-electron chi connectivity index (χ0n) is 13.0. The number of benzene rings is 1. The van der Waals surface area contributed by atoms with Crippen molar-refractivity contribution in [1.82, 2.24) is 5.06 Å². The minimum Gasteiger partial charge on any atom is -0.449 e. The van der Waals surface area contributed by atoms with Gasteiger partial charge in [0.1, 0.15) is 6.54 Å². The van der Waals surface area contributed by atoms with E-state index in [1.807, 2.05) is 6.92 Å². The van der Waals surface area contributed by atoms with Gasteiger partial charge in [0.25, 0.3) is 5.91 Å². The standard InChI is InChI=1S/C15H21ClN2O4/c1-4-5-10-22-15(20)18(11-14(19)17(2)21-3)13-8-6-12(16)7-9-13/h6-9H,4-5,10-11H2,1-3H3. The topological polar surface area (TPSA) is 59.1 Å². The van der Waals surface area contributed by atoms with Gasteiger partial charge >= 0.3 is 6.09 Å². The van der Waals surface area contributed by atoms with Gasteiger partial charge in [0, 0.05) is 17.8 Å². The molecule has 0 saturated heterocycles. The molecule has 0 unspecified atom stereocenters. The lowest BCUT2D eigenvalue weighted by atomic mass is 10.3. The van der Waals surface area contributed by atoms with E-state index < -0.39 is 6.09 Å². The van der Waals surface area contributed by atoms with Crippen LogP contribution in [0.4, 0.5) is 10.5 Å². The second-order valence-electron chi connectivity index (χ2n) is 4.60. The van der Waals surface area contributed by atoms with Gasteiger partial charge in [-0.15, -0.1) is 0 Å². The number of carbonyl (C=O) groups excluding carboxylic acids is 2. The molecule has 1 aromatic carbocycles. The Bertz CT molecular complexity index is 493. The fourth-order valence-corrected chi connectivity index (χ4v) is 1.73. The van der Waals surface area contributed by atoms with Crippen LogP contribution in [0.15, 0.2) is 24.3 Å². The Morgan fingerprint density at radius 2 is 1.86 bits per heavy atom. The number of anilines is 1. The highest BCUT2D eigenvalue weighted by molar-refractivity contribution is 6.30. The summed E-state index contributed by atoms with van der Waals surface area (Å²) in [5.74, 6) is -0.370. The Morgan fingerprint density at radius 1 is 1.23 bits per heavy atom. The Balaban J connectivity index is 2.87. The van der Waals surface area contributed by atoms with E-state index >= 15 is 0 Å². The number of halogens is 1. The first-order valence-electron chi connectivity index (χ1n) is 7.00. The smallest absolute Gasteiger partial charge is 0.414 e. The third kappa shape index (κ3) is 5.54. The van der Waals surface area contributed by atoms with Gasteiger partial charge in [0.2, 0.25) is 0 Å². The van der Waals surface area contributed by atoms with Crippen molar-refractivity contribution in [3.8, 4) is 0 Å². The normalized spacial score (nSPS) is 10.2. The Kier molecular flexibility index (Phi) is 7.70.